The third-order valence-electron chi connectivity index (χ3n) is 2.12. The molecule has 0 spiro atoms. The number of benzene rings is 1. The van der Waals surface area contributed by atoms with E-state index in [0.717, 1.165) is 18.8 Å². The van der Waals surface area contributed by atoms with Crippen molar-refractivity contribution < 1.29 is 0 Å². The number of nitrogens with one attached hydrogen (secondary N) is 1. The number of rotatable bonds is 4. The standard InChI is InChI=1S/C11H18N2/c1-3-6-13-8-10-7-11(12)5-4-9(10)2/h4-5,7,13H,3,6,8,12H2,1-2H3. The average molecular weight is 178 g/mol. The Morgan fingerprint density at radius 1 is 1.38 bits per heavy atom. The average Bonchev–Trinajstić information content (AvgIpc) is 2.11. The van der Waals surface area contributed by atoms with Crippen molar-refractivity contribution in [3.63, 3.8) is 0 Å². The van der Waals surface area contributed by atoms with Crippen molar-refractivity contribution in [3.8, 4) is 0 Å². The zero-order valence-corrected chi connectivity index (χ0v) is 8.43. The molecule has 0 bridgehead atoms. The lowest BCUT2D eigenvalue weighted by Gasteiger charge is -2.07. The van der Waals surface area contributed by atoms with Crippen molar-refractivity contribution in [2.45, 2.75) is 26.8 Å². The van der Waals surface area contributed by atoms with Crippen LogP contribution in [0, 0.1) is 6.92 Å². The van der Waals surface area contributed by atoms with Crippen LogP contribution in [0.4, 0.5) is 5.69 Å². The molecule has 0 fully saturated rings. The van der Waals surface area contributed by atoms with E-state index in [2.05, 4.69) is 25.2 Å². The Morgan fingerprint density at radius 2 is 2.15 bits per heavy atom. The highest BCUT2D eigenvalue weighted by Crippen LogP contribution is 2.11. The molecule has 0 heterocycles. The first-order chi connectivity index (χ1) is 6.24. The highest BCUT2D eigenvalue weighted by atomic mass is 14.8. The minimum Gasteiger partial charge on any atom is -0.399 e. The summed E-state index contributed by atoms with van der Waals surface area (Å²) in [5, 5.41) is 3.36. The van der Waals surface area contributed by atoms with Crippen molar-refractivity contribution in [1.82, 2.24) is 5.32 Å². The number of nitrogens with two attached hydrogens (primary N) is 1. The Kier molecular flexibility index (Phi) is 3.77. The molecular weight excluding hydrogens is 160 g/mol. The fourth-order valence-electron chi connectivity index (χ4n) is 1.28. The van der Waals surface area contributed by atoms with Crippen LogP contribution in [0.1, 0.15) is 24.5 Å². The smallest absolute Gasteiger partial charge is 0.0317 e. The molecule has 2 heteroatoms. The highest BCUT2D eigenvalue weighted by Gasteiger charge is 1.97. The molecule has 0 atom stereocenters. The predicted octanol–water partition coefficient (Wildman–Crippen LogP) is 2.08. The van der Waals surface area contributed by atoms with Crippen LogP contribution in [-0.4, -0.2) is 6.54 Å². The van der Waals surface area contributed by atoms with Gasteiger partial charge in [0.25, 0.3) is 0 Å². The molecule has 0 saturated carbocycles. The van der Waals surface area contributed by atoms with Gasteiger partial charge >= 0.3 is 0 Å². The van der Waals surface area contributed by atoms with Gasteiger partial charge < -0.3 is 11.1 Å². The first-order valence-corrected chi connectivity index (χ1v) is 4.79. The van der Waals surface area contributed by atoms with Crippen LogP contribution in [0.15, 0.2) is 18.2 Å². The maximum absolute atomic E-state index is 5.70. The Bertz CT molecular complexity index is 269. The topological polar surface area (TPSA) is 38.0 Å². The van der Waals surface area contributed by atoms with Crippen molar-refractivity contribution in [1.29, 1.82) is 0 Å². The SMILES string of the molecule is CCCNCc1cc(N)ccc1C. The minimum absolute atomic E-state index is 0.846. The van der Waals surface area contributed by atoms with Gasteiger partial charge in [0.1, 0.15) is 0 Å². The first-order valence-electron chi connectivity index (χ1n) is 4.79. The van der Waals surface area contributed by atoms with Crippen LogP contribution in [0.25, 0.3) is 0 Å². The van der Waals surface area contributed by atoms with E-state index >= 15 is 0 Å². The zero-order chi connectivity index (χ0) is 9.68. The number of hydrogen-bond acceptors (Lipinski definition) is 2. The van der Waals surface area contributed by atoms with E-state index in [9.17, 15) is 0 Å². The monoisotopic (exact) mass is 178 g/mol. The summed E-state index contributed by atoms with van der Waals surface area (Å²) in [4.78, 5) is 0. The molecule has 0 saturated heterocycles. The fourth-order valence-corrected chi connectivity index (χ4v) is 1.28. The molecule has 1 rings (SSSR count). The zero-order valence-electron chi connectivity index (χ0n) is 8.43. The van der Waals surface area contributed by atoms with Crippen LogP contribution < -0.4 is 11.1 Å². The Labute approximate surface area is 80.1 Å². The fraction of sp³-hybridized carbons (Fsp3) is 0.455. The summed E-state index contributed by atoms with van der Waals surface area (Å²) in [7, 11) is 0. The van der Waals surface area contributed by atoms with E-state index in [-0.39, 0.29) is 0 Å². The molecule has 0 amide bonds. The summed E-state index contributed by atoms with van der Waals surface area (Å²) in [6.07, 6.45) is 1.17. The molecule has 1 aromatic rings. The first kappa shape index (κ1) is 10.1. The van der Waals surface area contributed by atoms with Gasteiger partial charge in [-0.05, 0) is 43.1 Å². The molecule has 0 radical (unpaired) electrons. The molecule has 1 aromatic carbocycles. The number of anilines is 1. The van der Waals surface area contributed by atoms with Crippen LogP contribution in [0.2, 0.25) is 0 Å². The van der Waals surface area contributed by atoms with E-state index in [4.69, 9.17) is 5.73 Å². The maximum atomic E-state index is 5.70. The molecule has 0 aliphatic carbocycles. The summed E-state index contributed by atoms with van der Waals surface area (Å²) >= 11 is 0. The molecule has 13 heavy (non-hydrogen) atoms. The van der Waals surface area contributed by atoms with Gasteiger partial charge in [-0.1, -0.05) is 13.0 Å². The molecule has 0 unspecified atom stereocenters. The summed E-state index contributed by atoms with van der Waals surface area (Å²) in [5.41, 5.74) is 9.15. The molecule has 0 aromatic heterocycles. The van der Waals surface area contributed by atoms with E-state index < -0.39 is 0 Å². The van der Waals surface area contributed by atoms with Gasteiger partial charge in [0.2, 0.25) is 0 Å². The van der Waals surface area contributed by atoms with E-state index in [1.807, 2.05) is 12.1 Å². The third kappa shape index (κ3) is 3.07. The second kappa shape index (κ2) is 4.87. The highest BCUT2D eigenvalue weighted by molar-refractivity contribution is 5.44. The number of aryl methyl sites for hydroxylation is 1. The largest absolute Gasteiger partial charge is 0.399 e. The second-order valence-corrected chi connectivity index (χ2v) is 3.36. The van der Waals surface area contributed by atoms with Crippen molar-refractivity contribution >= 4 is 5.69 Å². The Morgan fingerprint density at radius 3 is 2.85 bits per heavy atom. The lowest BCUT2D eigenvalue weighted by atomic mass is 10.1. The quantitative estimate of drug-likeness (QED) is 0.547. The van der Waals surface area contributed by atoms with Crippen LogP contribution >= 0.6 is 0 Å². The maximum Gasteiger partial charge on any atom is 0.0317 e. The normalized spacial score (nSPS) is 10.3. The van der Waals surface area contributed by atoms with Gasteiger partial charge in [-0.2, -0.15) is 0 Å². The summed E-state index contributed by atoms with van der Waals surface area (Å²) in [5.74, 6) is 0. The van der Waals surface area contributed by atoms with Gasteiger partial charge in [-0.25, -0.2) is 0 Å². The van der Waals surface area contributed by atoms with Gasteiger partial charge in [0, 0.05) is 12.2 Å². The van der Waals surface area contributed by atoms with Gasteiger partial charge in [0.05, 0.1) is 0 Å². The molecule has 72 valence electrons. The van der Waals surface area contributed by atoms with Crippen molar-refractivity contribution in [2.75, 3.05) is 12.3 Å². The molecular formula is C11H18N2. The Balaban J connectivity index is 2.59. The van der Waals surface area contributed by atoms with Gasteiger partial charge in [-0.3, -0.25) is 0 Å². The van der Waals surface area contributed by atoms with Crippen LogP contribution in [0.3, 0.4) is 0 Å². The molecule has 2 nitrogen and oxygen atoms in total. The Hall–Kier alpha value is -1.02. The lowest BCUT2D eigenvalue weighted by Crippen LogP contribution is -2.14. The van der Waals surface area contributed by atoms with Crippen molar-refractivity contribution in [3.05, 3.63) is 29.3 Å². The predicted molar refractivity (Wildman–Crippen MR) is 57.6 cm³/mol. The van der Waals surface area contributed by atoms with Crippen LogP contribution in [0.5, 0.6) is 0 Å². The van der Waals surface area contributed by atoms with Crippen LogP contribution in [-0.2, 0) is 6.54 Å². The number of nitrogen functional groups attached to an aromatic ring is 1. The number of hydrogen-bond donors (Lipinski definition) is 2. The molecule has 0 aliphatic rings. The minimum atomic E-state index is 0.846. The van der Waals surface area contributed by atoms with Crippen molar-refractivity contribution in [2.24, 2.45) is 0 Å². The van der Waals surface area contributed by atoms with Gasteiger partial charge in [0.15, 0.2) is 0 Å². The van der Waals surface area contributed by atoms with E-state index in [0.29, 0.717) is 0 Å². The van der Waals surface area contributed by atoms with E-state index in [1.54, 1.807) is 0 Å². The summed E-state index contributed by atoms with van der Waals surface area (Å²) < 4.78 is 0. The summed E-state index contributed by atoms with van der Waals surface area (Å²) in [6.45, 7) is 6.26. The summed E-state index contributed by atoms with van der Waals surface area (Å²) in [6, 6.07) is 6.05. The molecule has 3 N–H and O–H groups in total. The molecule has 0 aliphatic heterocycles. The second-order valence-electron chi connectivity index (χ2n) is 3.36. The van der Waals surface area contributed by atoms with Gasteiger partial charge in [-0.15, -0.1) is 0 Å². The third-order valence-corrected chi connectivity index (χ3v) is 2.12. The lowest BCUT2D eigenvalue weighted by molar-refractivity contribution is 0.673. The van der Waals surface area contributed by atoms with E-state index in [1.165, 1.54) is 17.5 Å².